The molecule has 0 saturated carbocycles. The maximum absolute atomic E-state index is 12.8. The van der Waals surface area contributed by atoms with E-state index < -0.39 is 18.0 Å². The molecule has 25 heavy (non-hydrogen) atoms. The van der Waals surface area contributed by atoms with Gasteiger partial charge in [-0.3, -0.25) is 9.59 Å². The van der Waals surface area contributed by atoms with Crippen molar-refractivity contribution in [2.45, 2.75) is 26.9 Å². The van der Waals surface area contributed by atoms with Gasteiger partial charge >= 0.3 is 5.97 Å². The maximum Gasteiger partial charge on any atom is 0.309 e. The lowest BCUT2D eigenvalue weighted by Crippen LogP contribution is -2.27. The Morgan fingerprint density at radius 3 is 2.32 bits per heavy atom. The molecular weight excluding hydrogens is 318 g/mol. The van der Waals surface area contributed by atoms with Gasteiger partial charge in [-0.2, -0.15) is 0 Å². The number of aryl methyl sites for hydroxylation is 1. The second-order valence-corrected chi connectivity index (χ2v) is 6.08. The molecule has 1 N–H and O–H groups in total. The zero-order chi connectivity index (χ0) is 18.4. The van der Waals surface area contributed by atoms with Crippen molar-refractivity contribution in [1.82, 2.24) is 0 Å². The van der Waals surface area contributed by atoms with E-state index in [4.69, 9.17) is 9.47 Å². The number of carbonyl (C=O) groups excluding carboxylic acids is 2. The van der Waals surface area contributed by atoms with E-state index in [1.165, 1.54) is 7.11 Å². The highest BCUT2D eigenvalue weighted by Crippen LogP contribution is 2.28. The Balaban J connectivity index is 2.29. The molecule has 5 nitrogen and oxygen atoms in total. The maximum atomic E-state index is 12.8. The summed E-state index contributed by atoms with van der Waals surface area (Å²) in [5.74, 6) is -0.641. The molecule has 0 fully saturated rings. The molecule has 0 bridgehead atoms. The summed E-state index contributed by atoms with van der Waals surface area (Å²) >= 11 is 0. The van der Waals surface area contributed by atoms with Gasteiger partial charge in [-0.05, 0) is 24.6 Å². The Morgan fingerprint density at radius 2 is 1.72 bits per heavy atom. The van der Waals surface area contributed by atoms with Crippen LogP contribution in [0.1, 0.15) is 31.1 Å². The number of rotatable bonds is 6. The minimum atomic E-state index is -1.03. The quantitative estimate of drug-likeness (QED) is 0.810. The number of ether oxygens (including phenoxy) is 2. The molecule has 0 heterocycles. The van der Waals surface area contributed by atoms with Crippen LogP contribution in [-0.4, -0.2) is 19.0 Å². The average molecular weight is 341 g/mol. The standard InChI is InChI=1S/C20H23NO4/c1-13(2)20(23)25-18(15-8-6-5-7-9-15)19(22)21-16-12-14(3)10-11-17(16)24-4/h5-13,18H,1-4H3,(H,21,22)/t18-/m1/s1. The lowest BCUT2D eigenvalue weighted by molar-refractivity contribution is -0.157. The number of nitrogens with one attached hydrogen (secondary N) is 1. The van der Waals surface area contributed by atoms with Gasteiger partial charge in [0.05, 0.1) is 18.7 Å². The van der Waals surface area contributed by atoms with Gasteiger partial charge in [-0.15, -0.1) is 0 Å². The number of carbonyl (C=O) groups is 2. The summed E-state index contributed by atoms with van der Waals surface area (Å²) in [6, 6.07) is 14.4. The third-order valence-electron chi connectivity index (χ3n) is 3.66. The minimum Gasteiger partial charge on any atom is -0.495 e. The van der Waals surface area contributed by atoms with Crippen molar-refractivity contribution in [1.29, 1.82) is 0 Å². The third kappa shape index (κ3) is 4.83. The fourth-order valence-electron chi connectivity index (χ4n) is 2.27. The molecule has 1 atom stereocenters. The van der Waals surface area contributed by atoms with Crippen molar-refractivity contribution < 1.29 is 19.1 Å². The number of methoxy groups -OCH3 is 1. The SMILES string of the molecule is COc1ccc(C)cc1NC(=O)[C@H](OC(=O)C(C)C)c1ccccc1. The van der Waals surface area contributed by atoms with E-state index in [1.807, 2.05) is 25.1 Å². The molecule has 0 aliphatic rings. The van der Waals surface area contributed by atoms with Gasteiger partial charge in [0.25, 0.3) is 5.91 Å². The van der Waals surface area contributed by atoms with E-state index in [1.54, 1.807) is 44.2 Å². The Bertz CT molecular complexity index is 741. The van der Waals surface area contributed by atoms with Gasteiger partial charge in [0.1, 0.15) is 5.75 Å². The topological polar surface area (TPSA) is 64.6 Å². The van der Waals surface area contributed by atoms with Crippen molar-refractivity contribution in [2.75, 3.05) is 12.4 Å². The van der Waals surface area contributed by atoms with Crippen LogP contribution in [0.15, 0.2) is 48.5 Å². The van der Waals surface area contributed by atoms with E-state index in [0.29, 0.717) is 17.0 Å². The normalized spacial score (nSPS) is 11.7. The van der Waals surface area contributed by atoms with Crippen LogP contribution in [0, 0.1) is 12.8 Å². The fourth-order valence-corrected chi connectivity index (χ4v) is 2.27. The van der Waals surface area contributed by atoms with Crippen molar-refractivity contribution in [3.8, 4) is 5.75 Å². The smallest absolute Gasteiger partial charge is 0.309 e. The number of esters is 1. The number of benzene rings is 2. The molecule has 5 heteroatoms. The Morgan fingerprint density at radius 1 is 1.04 bits per heavy atom. The molecule has 0 radical (unpaired) electrons. The van der Waals surface area contributed by atoms with E-state index in [0.717, 1.165) is 5.56 Å². The summed E-state index contributed by atoms with van der Waals surface area (Å²) in [5.41, 5.74) is 2.13. The third-order valence-corrected chi connectivity index (χ3v) is 3.66. The first-order valence-electron chi connectivity index (χ1n) is 8.13. The van der Waals surface area contributed by atoms with Crippen molar-refractivity contribution in [3.05, 3.63) is 59.7 Å². The zero-order valence-electron chi connectivity index (χ0n) is 14.9. The van der Waals surface area contributed by atoms with Crippen LogP contribution >= 0.6 is 0 Å². The summed E-state index contributed by atoms with van der Waals surface area (Å²) in [6.45, 7) is 5.38. The second kappa shape index (κ2) is 8.33. The molecule has 0 aliphatic heterocycles. The van der Waals surface area contributed by atoms with Crippen LogP contribution < -0.4 is 10.1 Å². The van der Waals surface area contributed by atoms with Crippen molar-refractivity contribution >= 4 is 17.6 Å². The summed E-state index contributed by atoms with van der Waals surface area (Å²) in [6.07, 6.45) is -1.03. The van der Waals surface area contributed by atoms with Gasteiger partial charge < -0.3 is 14.8 Å². The molecule has 1 amide bonds. The van der Waals surface area contributed by atoms with Crippen LogP contribution in [0.2, 0.25) is 0 Å². The largest absolute Gasteiger partial charge is 0.495 e. The Labute approximate surface area is 148 Å². The first-order chi connectivity index (χ1) is 11.9. The lowest BCUT2D eigenvalue weighted by Gasteiger charge is -2.20. The summed E-state index contributed by atoms with van der Waals surface area (Å²) in [7, 11) is 1.54. The van der Waals surface area contributed by atoms with Crippen LogP contribution in [0.3, 0.4) is 0 Å². The molecular formula is C20H23NO4. The number of hydrogen-bond donors (Lipinski definition) is 1. The molecule has 0 spiro atoms. The number of hydrogen-bond acceptors (Lipinski definition) is 4. The predicted molar refractivity (Wildman–Crippen MR) is 96.5 cm³/mol. The van der Waals surface area contributed by atoms with Crippen LogP contribution in [0.25, 0.3) is 0 Å². The first kappa shape index (κ1) is 18.5. The van der Waals surface area contributed by atoms with Gasteiger partial charge in [0.15, 0.2) is 0 Å². The average Bonchev–Trinajstić information content (AvgIpc) is 2.60. The van der Waals surface area contributed by atoms with Gasteiger partial charge in [-0.25, -0.2) is 0 Å². The predicted octanol–water partition coefficient (Wildman–Crippen LogP) is 3.88. The Kier molecular flexibility index (Phi) is 6.17. The first-order valence-corrected chi connectivity index (χ1v) is 8.13. The van der Waals surface area contributed by atoms with E-state index in [-0.39, 0.29) is 5.92 Å². The highest BCUT2D eigenvalue weighted by atomic mass is 16.5. The molecule has 2 rings (SSSR count). The summed E-state index contributed by atoms with van der Waals surface area (Å²) in [5, 5.41) is 2.80. The van der Waals surface area contributed by atoms with Crippen molar-refractivity contribution in [3.63, 3.8) is 0 Å². The second-order valence-electron chi connectivity index (χ2n) is 6.08. The van der Waals surface area contributed by atoms with E-state index in [2.05, 4.69) is 5.32 Å². The minimum absolute atomic E-state index is 0.326. The molecule has 132 valence electrons. The van der Waals surface area contributed by atoms with Crippen LogP contribution in [-0.2, 0) is 14.3 Å². The molecule has 0 unspecified atom stereocenters. The van der Waals surface area contributed by atoms with Crippen LogP contribution in [0.5, 0.6) is 5.75 Å². The van der Waals surface area contributed by atoms with Gasteiger partial charge in [0.2, 0.25) is 6.10 Å². The van der Waals surface area contributed by atoms with E-state index in [9.17, 15) is 9.59 Å². The van der Waals surface area contributed by atoms with E-state index >= 15 is 0 Å². The Hall–Kier alpha value is -2.82. The zero-order valence-corrected chi connectivity index (χ0v) is 14.9. The van der Waals surface area contributed by atoms with Gasteiger partial charge in [-0.1, -0.05) is 50.2 Å². The molecule has 2 aromatic carbocycles. The van der Waals surface area contributed by atoms with Gasteiger partial charge in [0, 0.05) is 5.56 Å². The molecule has 0 saturated heterocycles. The summed E-state index contributed by atoms with van der Waals surface area (Å²) in [4.78, 5) is 24.8. The molecule has 0 aromatic heterocycles. The number of anilines is 1. The molecule has 2 aromatic rings. The molecule has 0 aliphatic carbocycles. The van der Waals surface area contributed by atoms with Crippen LogP contribution in [0.4, 0.5) is 5.69 Å². The lowest BCUT2D eigenvalue weighted by atomic mass is 10.1. The fraction of sp³-hybridized carbons (Fsp3) is 0.300. The van der Waals surface area contributed by atoms with Crippen molar-refractivity contribution in [2.24, 2.45) is 5.92 Å². The number of amides is 1. The monoisotopic (exact) mass is 341 g/mol. The highest BCUT2D eigenvalue weighted by molar-refractivity contribution is 5.97. The highest BCUT2D eigenvalue weighted by Gasteiger charge is 2.26. The summed E-state index contributed by atoms with van der Waals surface area (Å²) < 4.78 is 10.7.